The average molecular weight is 318 g/mol. The van der Waals surface area contributed by atoms with E-state index in [9.17, 15) is 0 Å². The third-order valence-electron chi connectivity index (χ3n) is 3.17. The summed E-state index contributed by atoms with van der Waals surface area (Å²) in [5.41, 5.74) is 0. The van der Waals surface area contributed by atoms with Gasteiger partial charge in [-0.2, -0.15) is 0 Å². The van der Waals surface area contributed by atoms with E-state index in [1.807, 2.05) is 0 Å². The average Bonchev–Trinajstić information content (AvgIpc) is 2.61. The first-order valence-corrected chi connectivity index (χ1v) is 6.91. The molecule has 0 amide bonds. The van der Waals surface area contributed by atoms with Gasteiger partial charge in [-0.05, 0) is 24.3 Å². The first-order valence-electron chi connectivity index (χ1n) is 6.91. The van der Waals surface area contributed by atoms with Gasteiger partial charge in [0.1, 0.15) is 23.0 Å². The Labute approximate surface area is 136 Å². The van der Waals surface area contributed by atoms with E-state index >= 15 is 0 Å². The summed E-state index contributed by atoms with van der Waals surface area (Å²) in [6.07, 6.45) is 0. The van der Waals surface area contributed by atoms with E-state index in [-0.39, 0.29) is 7.69 Å². The summed E-state index contributed by atoms with van der Waals surface area (Å²) >= 11 is 0. The van der Waals surface area contributed by atoms with Crippen LogP contribution in [0.3, 0.4) is 0 Å². The largest absolute Gasteiger partial charge is 0.576 e. The van der Waals surface area contributed by atoms with Crippen molar-refractivity contribution in [2.75, 3.05) is 28.4 Å². The molecule has 0 fully saturated rings. The summed E-state index contributed by atoms with van der Waals surface area (Å²) in [5, 5.41) is 0. The summed E-state index contributed by atoms with van der Waals surface area (Å²) < 4.78 is 32.1. The zero-order valence-corrected chi connectivity index (χ0v) is 13.6. The van der Waals surface area contributed by atoms with Gasteiger partial charge in [0.25, 0.3) is 0 Å². The Bertz CT molecular complexity index is 591. The van der Waals surface area contributed by atoms with Gasteiger partial charge in [-0.1, -0.05) is 0 Å². The summed E-state index contributed by atoms with van der Waals surface area (Å²) in [7, 11) is 6.29. The van der Waals surface area contributed by atoms with Crippen LogP contribution in [-0.4, -0.2) is 36.1 Å². The molecule has 0 aromatic heterocycles. The van der Waals surface area contributed by atoms with Gasteiger partial charge in [-0.3, -0.25) is 0 Å². The lowest BCUT2D eigenvalue weighted by Crippen LogP contribution is -2.12. The molecule has 2 rings (SSSR count). The highest BCUT2D eigenvalue weighted by molar-refractivity contribution is 6.21. The molecule has 0 aliphatic carbocycles. The maximum Gasteiger partial charge on any atom is 0.576 e. The van der Waals surface area contributed by atoms with Gasteiger partial charge < -0.3 is 28.3 Å². The molecular weight excluding hydrogens is 299 g/mol. The third kappa shape index (κ3) is 4.15. The molecule has 0 atom stereocenters. The highest BCUT2D eigenvalue weighted by Crippen LogP contribution is 2.33. The van der Waals surface area contributed by atoms with E-state index < -0.39 is 0 Å². The standard InChI is InChI=1S/C16H19BO6/c1-18-11-5-7-13(20-3)15(9-11)22-17-23-16-10-12(19-2)6-8-14(16)21-4/h5-10,17H,1-4H3. The molecule has 0 bridgehead atoms. The minimum absolute atomic E-state index is 0.0208. The fourth-order valence-electron chi connectivity index (χ4n) is 1.95. The quantitative estimate of drug-likeness (QED) is 0.697. The molecular formula is C16H19BO6. The van der Waals surface area contributed by atoms with E-state index in [0.29, 0.717) is 34.5 Å². The van der Waals surface area contributed by atoms with E-state index in [0.717, 1.165) is 0 Å². The second-order valence-corrected chi connectivity index (χ2v) is 4.44. The summed E-state index contributed by atoms with van der Waals surface area (Å²) in [4.78, 5) is 0. The summed E-state index contributed by atoms with van der Waals surface area (Å²) in [6, 6.07) is 10.6. The van der Waals surface area contributed by atoms with Crippen LogP contribution in [0.4, 0.5) is 0 Å². The monoisotopic (exact) mass is 318 g/mol. The Morgan fingerprint density at radius 2 is 1.00 bits per heavy atom. The van der Waals surface area contributed by atoms with Crippen LogP contribution >= 0.6 is 0 Å². The normalized spacial score (nSPS) is 9.74. The SMILES string of the molecule is COc1ccc(OC)c(OBOc2cc(OC)ccc2OC)c1. The molecule has 23 heavy (non-hydrogen) atoms. The predicted molar refractivity (Wildman–Crippen MR) is 87.5 cm³/mol. The molecule has 0 saturated heterocycles. The lowest BCUT2D eigenvalue weighted by atomic mass is 10.2. The second kappa shape index (κ2) is 8.07. The number of hydrogen-bond donors (Lipinski definition) is 0. The number of benzene rings is 2. The Kier molecular flexibility index (Phi) is 5.85. The Morgan fingerprint density at radius 1 is 0.565 bits per heavy atom. The third-order valence-corrected chi connectivity index (χ3v) is 3.17. The topological polar surface area (TPSA) is 55.4 Å². The minimum atomic E-state index is -0.0208. The maximum absolute atomic E-state index is 5.62. The highest BCUT2D eigenvalue weighted by atomic mass is 16.6. The van der Waals surface area contributed by atoms with Gasteiger partial charge in [0.15, 0.2) is 11.5 Å². The molecule has 0 N–H and O–H groups in total. The van der Waals surface area contributed by atoms with Gasteiger partial charge in [0, 0.05) is 12.1 Å². The molecule has 2 aromatic carbocycles. The Hall–Kier alpha value is -2.70. The number of ether oxygens (including phenoxy) is 4. The smallest absolute Gasteiger partial charge is 0.526 e. The number of methoxy groups -OCH3 is 4. The molecule has 0 aliphatic heterocycles. The first kappa shape index (κ1) is 16.7. The lowest BCUT2D eigenvalue weighted by molar-refractivity contribution is 0.363. The van der Waals surface area contributed by atoms with Crippen molar-refractivity contribution in [3.8, 4) is 34.5 Å². The van der Waals surface area contributed by atoms with Crippen LogP contribution in [-0.2, 0) is 0 Å². The minimum Gasteiger partial charge on any atom is -0.526 e. The molecule has 0 aliphatic rings. The summed E-state index contributed by atoms with van der Waals surface area (Å²) in [5.74, 6) is 3.56. The number of hydrogen-bond acceptors (Lipinski definition) is 6. The molecule has 0 spiro atoms. The lowest BCUT2D eigenvalue weighted by Gasteiger charge is -2.14. The zero-order valence-electron chi connectivity index (χ0n) is 13.6. The fraction of sp³-hybridized carbons (Fsp3) is 0.250. The van der Waals surface area contributed by atoms with Crippen LogP contribution in [0.2, 0.25) is 0 Å². The molecule has 0 radical (unpaired) electrons. The van der Waals surface area contributed by atoms with Crippen molar-refractivity contribution >= 4 is 7.69 Å². The van der Waals surface area contributed by atoms with Gasteiger partial charge in [0.05, 0.1) is 28.4 Å². The van der Waals surface area contributed by atoms with E-state index in [4.69, 9.17) is 28.3 Å². The van der Waals surface area contributed by atoms with Crippen molar-refractivity contribution in [3.63, 3.8) is 0 Å². The molecule has 0 saturated carbocycles. The predicted octanol–water partition coefficient (Wildman–Crippen LogP) is 2.45. The van der Waals surface area contributed by atoms with E-state index in [1.165, 1.54) is 0 Å². The second-order valence-electron chi connectivity index (χ2n) is 4.44. The first-order chi connectivity index (χ1) is 11.2. The molecule has 2 aromatic rings. The van der Waals surface area contributed by atoms with Crippen LogP contribution in [0.25, 0.3) is 0 Å². The van der Waals surface area contributed by atoms with Crippen LogP contribution in [0.5, 0.6) is 34.5 Å². The fourth-order valence-corrected chi connectivity index (χ4v) is 1.95. The Morgan fingerprint density at radius 3 is 1.35 bits per heavy atom. The number of rotatable bonds is 8. The molecule has 7 heteroatoms. The van der Waals surface area contributed by atoms with Crippen molar-refractivity contribution in [3.05, 3.63) is 36.4 Å². The van der Waals surface area contributed by atoms with Gasteiger partial charge >= 0.3 is 7.69 Å². The summed E-state index contributed by atoms with van der Waals surface area (Å²) in [6.45, 7) is 0. The van der Waals surface area contributed by atoms with Gasteiger partial charge in [0.2, 0.25) is 0 Å². The van der Waals surface area contributed by atoms with Crippen LogP contribution in [0.1, 0.15) is 0 Å². The zero-order chi connectivity index (χ0) is 16.7. The van der Waals surface area contributed by atoms with E-state index in [2.05, 4.69) is 0 Å². The van der Waals surface area contributed by atoms with Crippen molar-refractivity contribution in [1.82, 2.24) is 0 Å². The van der Waals surface area contributed by atoms with Crippen molar-refractivity contribution in [1.29, 1.82) is 0 Å². The van der Waals surface area contributed by atoms with Crippen molar-refractivity contribution in [2.45, 2.75) is 0 Å². The van der Waals surface area contributed by atoms with Crippen LogP contribution in [0, 0.1) is 0 Å². The highest BCUT2D eigenvalue weighted by Gasteiger charge is 2.11. The Balaban J connectivity index is 2.07. The molecule has 0 heterocycles. The van der Waals surface area contributed by atoms with Crippen LogP contribution < -0.4 is 28.3 Å². The maximum atomic E-state index is 5.62. The molecule has 122 valence electrons. The van der Waals surface area contributed by atoms with E-state index in [1.54, 1.807) is 64.8 Å². The van der Waals surface area contributed by atoms with Gasteiger partial charge in [-0.25, -0.2) is 0 Å². The van der Waals surface area contributed by atoms with Crippen LogP contribution in [0.15, 0.2) is 36.4 Å². The molecule has 6 nitrogen and oxygen atoms in total. The molecule has 0 unspecified atom stereocenters. The van der Waals surface area contributed by atoms with Crippen molar-refractivity contribution < 1.29 is 28.3 Å². The van der Waals surface area contributed by atoms with Gasteiger partial charge in [-0.15, -0.1) is 0 Å². The van der Waals surface area contributed by atoms with Crippen molar-refractivity contribution in [2.24, 2.45) is 0 Å².